The van der Waals surface area contributed by atoms with E-state index in [2.05, 4.69) is 0 Å². The number of alkyl halides is 4. The van der Waals surface area contributed by atoms with Crippen LogP contribution in [0.3, 0.4) is 0 Å². The molecule has 0 heterocycles. The van der Waals surface area contributed by atoms with E-state index in [1.165, 1.54) is 5.32 Å². The van der Waals surface area contributed by atoms with Crippen molar-refractivity contribution in [2.75, 3.05) is 5.32 Å². The highest BCUT2D eigenvalue weighted by Gasteiger charge is 2.49. The second kappa shape index (κ2) is 5.21. The minimum absolute atomic E-state index is 0.503. The van der Waals surface area contributed by atoms with E-state index < -0.39 is 41.3 Å². The summed E-state index contributed by atoms with van der Waals surface area (Å²) in [4.78, 5) is 21.4. The van der Waals surface area contributed by atoms with Crippen molar-refractivity contribution in [1.82, 2.24) is 0 Å². The standard InChI is InChI=1S/C10H6F5NO3/c11-5-2-1-4(7(17)18)3-6(5)16-9(19)10(14,15)8(12)13/h1-3,8H,(H,16,19)(H,17,18). The number of halogens is 5. The molecule has 0 atom stereocenters. The lowest BCUT2D eigenvalue weighted by atomic mass is 10.2. The van der Waals surface area contributed by atoms with Crippen molar-refractivity contribution in [2.45, 2.75) is 12.3 Å². The SMILES string of the molecule is O=C(O)c1ccc(F)c(NC(=O)C(F)(F)C(F)F)c1. The maximum atomic E-state index is 13.1. The Kier molecular flexibility index (Phi) is 4.07. The van der Waals surface area contributed by atoms with Crippen LogP contribution in [-0.2, 0) is 4.79 Å². The molecule has 2 N–H and O–H groups in total. The van der Waals surface area contributed by atoms with Crippen LogP contribution in [0.25, 0.3) is 0 Å². The van der Waals surface area contributed by atoms with Crippen LogP contribution in [0.15, 0.2) is 18.2 Å². The topological polar surface area (TPSA) is 66.4 Å². The summed E-state index contributed by atoms with van der Waals surface area (Å²) in [6.07, 6.45) is -4.27. The fraction of sp³-hybridized carbons (Fsp3) is 0.200. The van der Waals surface area contributed by atoms with E-state index in [1.54, 1.807) is 0 Å². The number of carbonyl (C=O) groups is 2. The number of carboxylic acid groups (broad SMARTS) is 1. The van der Waals surface area contributed by atoms with Gasteiger partial charge in [-0.25, -0.2) is 18.0 Å². The van der Waals surface area contributed by atoms with Gasteiger partial charge in [-0.05, 0) is 18.2 Å². The van der Waals surface area contributed by atoms with E-state index in [0.29, 0.717) is 12.1 Å². The Hall–Kier alpha value is -2.19. The van der Waals surface area contributed by atoms with E-state index in [4.69, 9.17) is 5.11 Å². The van der Waals surface area contributed by atoms with Crippen LogP contribution >= 0.6 is 0 Å². The summed E-state index contributed by atoms with van der Waals surface area (Å²) in [5.74, 6) is -10.2. The van der Waals surface area contributed by atoms with Crippen LogP contribution in [-0.4, -0.2) is 29.3 Å². The number of benzene rings is 1. The lowest BCUT2D eigenvalue weighted by molar-refractivity contribution is -0.163. The van der Waals surface area contributed by atoms with Gasteiger partial charge in [-0.1, -0.05) is 0 Å². The molecule has 0 bridgehead atoms. The molecule has 1 aromatic carbocycles. The predicted octanol–water partition coefficient (Wildman–Crippen LogP) is 2.36. The third kappa shape index (κ3) is 3.18. The van der Waals surface area contributed by atoms with Crippen molar-refractivity contribution >= 4 is 17.6 Å². The van der Waals surface area contributed by atoms with Crippen molar-refractivity contribution in [3.63, 3.8) is 0 Å². The molecular formula is C10H6F5NO3. The number of nitrogens with one attached hydrogen (secondary N) is 1. The Balaban J connectivity index is 3.03. The van der Waals surface area contributed by atoms with Crippen LogP contribution in [0.5, 0.6) is 0 Å². The smallest absolute Gasteiger partial charge is 0.383 e. The average Bonchev–Trinajstić information content (AvgIpc) is 2.31. The normalized spacial score (nSPS) is 11.5. The Morgan fingerprint density at radius 1 is 1.26 bits per heavy atom. The number of hydrogen-bond acceptors (Lipinski definition) is 2. The van der Waals surface area contributed by atoms with E-state index in [1.807, 2.05) is 0 Å². The van der Waals surface area contributed by atoms with E-state index in [-0.39, 0.29) is 0 Å². The second-order valence-corrected chi connectivity index (χ2v) is 3.38. The van der Waals surface area contributed by atoms with Crippen molar-refractivity contribution in [2.24, 2.45) is 0 Å². The highest BCUT2D eigenvalue weighted by molar-refractivity contribution is 5.98. The molecule has 1 rings (SSSR count). The molecule has 104 valence electrons. The van der Waals surface area contributed by atoms with Gasteiger partial charge in [-0.2, -0.15) is 8.78 Å². The first-order valence-electron chi connectivity index (χ1n) is 4.66. The van der Waals surface area contributed by atoms with Gasteiger partial charge in [0.1, 0.15) is 5.82 Å². The summed E-state index contributed by atoms with van der Waals surface area (Å²) < 4.78 is 62.1. The van der Waals surface area contributed by atoms with E-state index in [9.17, 15) is 31.5 Å². The zero-order valence-corrected chi connectivity index (χ0v) is 8.96. The molecule has 0 aromatic heterocycles. The molecule has 19 heavy (non-hydrogen) atoms. The number of aromatic carboxylic acids is 1. The van der Waals surface area contributed by atoms with Gasteiger partial charge in [-0.3, -0.25) is 4.79 Å². The van der Waals surface area contributed by atoms with Gasteiger partial charge in [0.2, 0.25) is 0 Å². The van der Waals surface area contributed by atoms with Crippen molar-refractivity contribution in [3.05, 3.63) is 29.6 Å². The van der Waals surface area contributed by atoms with Gasteiger partial charge in [0.25, 0.3) is 0 Å². The molecule has 9 heteroatoms. The zero-order chi connectivity index (χ0) is 14.8. The van der Waals surface area contributed by atoms with Gasteiger partial charge in [0.15, 0.2) is 0 Å². The number of anilines is 1. The lowest BCUT2D eigenvalue weighted by Crippen LogP contribution is -2.41. The Morgan fingerprint density at radius 3 is 2.32 bits per heavy atom. The molecule has 0 radical (unpaired) electrons. The molecule has 4 nitrogen and oxygen atoms in total. The fourth-order valence-corrected chi connectivity index (χ4v) is 1.06. The van der Waals surface area contributed by atoms with Crippen LogP contribution in [0.1, 0.15) is 10.4 Å². The Labute approximate surface area is 102 Å². The summed E-state index contributed by atoms with van der Waals surface area (Å²) in [7, 11) is 0. The van der Waals surface area contributed by atoms with E-state index >= 15 is 0 Å². The number of rotatable bonds is 4. The van der Waals surface area contributed by atoms with Crippen LogP contribution in [0.4, 0.5) is 27.6 Å². The predicted molar refractivity (Wildman–Crippen MR) is 52.9 cm³/mol. The Bertz CT molecular complexity index is 518. The number of carboxylic acids is 1. The van der Waals surface area contributed by atoms with Gasteiger partial charge in [-0.15, -0.1) is 0 Å². The second-order valence-electron chi connectivity index (χ2n) is 3.38. The summed E-state index contributed by atoms with van der Waals surface area (Å²) in [5, 5.41) is 9.80. The molecule has 0 aliphatic rings. The maximum Gasteiger partial charge on any atom is 0.383 e. The third-order valence-corrected chi connectivity index (χ3v) is 2.04. The van der Waals surface area contributed by atoms with Crippen LogP contribution < -0.4 is 5.32 Å². The molecule has 0 saturated carbocycles. The largest absolute Gasteiger partial charge is 0.478 e. The molecule has 0 fully saturated rings. The number of carbonyl (C=O) groups excluding carboxylic acids is 1. The minimum Gasteiger partial charge on any atom is -0.478 e. The van der Waals surface area contributed by atoms with Crippen LogP contribution in [0.2, 0.25) is 0 Å². The molecule has 0 aliphatic carbocycles. The van der Waals surface area contributed by atoms with Crippen molar-refractivity contribution in [1.29, 1.82) is 0 Å². The molecular weight excluding hydrogens is 277 g/mol. The summed E-state index contributed by atoms with van der Waals surface area (Å²) in [6.45, 7) is 0. The summed E-state index contributed by atoms with van der Waals surface area (Å²) in [6, 6.07) is 1.95. The summed E-state index contributed by atoms with van der Waals surface area (Å²) >= 11 is 0. The highest BCUT2D eigenvalue weighted by atomic mass is 19.3. The third-order valence-electron chi connectivity index (χ3n) is 2.04. The maximum absolute atomic E-state index is 13.1. The van der Waals surface area contributed by atoms with Gasteiger partial charge < -0.3 is 10.4 Å². The Morgan fingerprint density at radius 2 is 1.84 bits per heavy atom. The molecule has 1 amide bonds. The monoisotopic (exact) mass is 283 g/mol. The fourth-order valence-electron chi connectivity index (χ4n) is 1.06. The minimum atomic E-state index is -5.01. The van der Waals surface area contributed by atoms with Crippen LogP contribution in [0, 0.1) is 5.82 Å². The zero-order valence-electron chi connectivity index (χ0n) is 8.96. The van der Waals surface area contributed by atoms with Crippen molar-refractivity contribution < 1.29 is 36.6 Å². The molecule has 0 saturated heterocycles. The average molecular weight is 283 g/mol. The van der Waals surface area contributed by atoms with Gasteiger partial charge >= 0.3 is 24.2 Å². The molecule has 0 aliphatic heterocycles. The molecule has 1 aromatic rings. The lowest BCUT2D eigenvalue weighted by Gasteiger charge is -2.15. The first-order valence-corrected chi connectivity index (χ1v) is 4.66. The van der Waals surface area contributed by atoms with Gasteiger partial charge in [0.05, 0.1) is 11.3 Å². The van der Waals surface area contributed by atoms with Gasteiger partial charge in [0, 0.05) is 0 Å². The molecule has 0 spiro atoms. The number of amides is 1. The quantitative estimate of drug-likeness (QED) is 0.834. The highest BCUT2D eigenvalue weighted by Crippen LogP contribution is 2.26. The first-order chi connectivity index (χ1) is 8.66. The summed E-state index contributed by atoms with van der Waals surface area (Å²) in [5.41, 5.74) is -1.43. The van der Waals surface area contributed by atoms with E-state index in [0.717, 1.165) is 6.07 Å². The van der Waals surface area contributed by atoms with Crippen molar-refractivity contribution in [3.8, 4) is 0 Å². The number of hydrogen-bond donors (Lipinski definition) is 2. The molecule has 0 unspecified atom stereocenters. The first kappa shape index (κ1) is 14.9.